The summed E-state index contributed by atoms with van der Waals surface area (Å²) in [7, 11) is 0. The summed E-state index contributed by atoms with van der Waals surface area (Å²) in [6.45, 7) is 1.71. The van der Waals surface area contributed by atoms with E-state index in [4.69, 9.17) is 5.73 Å². The molecule has 0 aliphatic carbocycles. The fourth-order valence-electron chi connectivity index (χ4n) is 1.70. The lowest BCUT2D eigenvalue weighted by atomic mass is 10.1. The van der Waals surface area contributed by atoms with E-state index >= 15 is 0 Å². The summed E-state index contributed by atoms with van der Waals surface area (Å²) in [5.74, 6) is 0. The first-order chi connectivity index (χ1) is 9.25. The Balaban J connectivity index is 0.000000186. The van der Waals surface area contributed by atoms with Crippen molar-refractivity contribution in [3.05, 3.63) is 71.8 Å². The highest BCUT2D eigenvalue weighted by atomic mass is 16.2. The molecule has 2 aromatic rings. The summed E-state index contributed by atoms with van der Waals surface area (Å²) in [4.78, 5) is 11.5. The minimum absolute atomic E-state index is 0.296. The number of hydrogen-bond donors (Lipinski definition) is 1. The van der Waals surface area contributed by atoms with E-state index in [2.05, 4.69) is 60.7 Å². The van der Waals surface area contributed by atoms with Gasteiger partial charge >= 0.3 is 6.03 Å². The lowest BCUT2D eigenvalue weighted by Gasteiger charge is -2.00. The third kappa shape index (κ3) is 4.84. The molecule has 0 atom stereocenters. The van der Waals surface area contributed by atoms with E-state index in [1.54, 1.807) is 4.90 Å². The Morgan fingerprint density at radius 2 is 1.32 bits per heavy atom. The molecule has 1 fully saturated rings. The SMILES string of the molecule is NC(=O)N1CC1.c1ccc(Cc2ccccc2)cc1. The van der Waals surface area contributed by atoms with Gasteiger partial charge in [0.05, 0.1) is 0 Å². The molecule has 1 aliphatic heterocycles. The van der Waals surface area contributed by atoms with Crippen LogP contribution in [0.25, 0.3) is 0 Å². The van der Waals surface area contributed by atoms with E-state index in [1.165, 1.54) is 11.1 Å². The number of carbonyl (C=O) groups excluding carboxylic acids is 1. The molecule has 0 aromatic heterocycles. The molecule has 2 aromatic carbocycles. The van der Waals surface area contributed by atoms with Crippen molar-refractivity contribution in [1.82, 2.24) is 4.90 Å². The maximum atomic E-state index is 9.91. The van der Waals surface area contributed by atoms with Gasteiger partial charge in [0.1, 0.15) is 0 Å². The standard InChI is InChI=1S/C13H12.C3H6N2O/c1-3-7-12(8-4-1)11-13-9-5-2-6-10-13;4-3(6)5-1-2-5/h1-10H,11H2;1-2H2,(H2,4,6). The van der Waals surface area contributed by atoms with Crippen molar-refractivity contribution in [3.8, 4) is 0 Å². The first-order valence-corrected chi connectivity index (χ1v) is 6.38. The van der Waals surface area contributed by atoms with Crippen LogP contribution in [0.2, 0.25) is 0 Å². The second-order valence-corrected chi connectivity index (χ2v) is 4.47. The van der Waals surface area contributed by atoms with Gasteiger partial charge < -0.3 is 10.6 Å². The largest absolute Gasteiger partial charge is 0.351 e. The van der Waals surface area contributed by atoms with Gasteiger partial charge in [-0.15, -0.1) is 0 Å². The maximum Gasteiger partial charge on any atom is 0.314 e. The number of primary amides is 1. The van der Waals surface area contributed by atoms with Crippen molar-refractivity contribution in [1.29, 1.82) is 0 Å². The van der Waals surface area contributed by atoms with Gasteiger partial charge in [-0.2, -0.15) is 0 Å². The summed E-state index contributed by atoms with van der Waals surface area (Å²) in [6, 6.07) is 20.8. The van der Waals surface area contributed by atoms with Crippen molar-refractivity contribution < 1.29 is 4.79 Å². The monoisotopic (exact) mass is 254 g/mol. The predicted octanol–water partition coefficient (Wildman–Crippen LogP) is 2.66. The molecule has 3 nitrogen and oxygen atoms in total. The van der Waals surface area contributed by atoms with Crippen molar-refractivity contribution in [2.75, 3.05) is 13.1 Å². The van der Waals surface area contributed by atoms with Crippen molar-refractivity contribution in [2.24, 2.45) is 5.73 Å². The van der Waals surface area contributed by atoms with Crippen LogP contribution in [0.3, 0.4) is 0 Å². The minimum Gasteiger partial charge on any atom is -0.351 e. The van der Waals surface area contributed by atoms with Gasteiger partial charge in [0.15, 0.2) is 0 Å². The van der Waals surface area contributed by atoms with E-state index in [0.29, 0.717) is 0 Å². The Morgan fingerprint density at radius 3 is 1.58 bits per heavy atom. The molecule has 0 bridgehead atoms. The van der Waals surface area contributed by atoms with Gasteiger partial charge in [-0.1, -0.05) is 60.7 Å². The molecular formula is C16H18N2O. The number of carbonyl (C=O) groups is 1. The highest BCUT2D eigenvalue weighted by Crippen LogP contribution is 2.07. The third-order valence-electron chi connectivity index (χ3n) is 2.85. The molecule has 0 spiro atoms. The molecule has 0 radical (unpaired) electrons. The molecule has 0 unspecified atom stereocenters. The molecular weight excluding hydrogens is 236 g/mol. The minimum atomic E-state index is -0.296. The molecule has 2 N–H and O–H groups in total. The summed E-state index contributed by atoms with van der Waals surface area (Å²) < 4.78 is 0. The Bertz CT molecular complexity index is 469. The van der Waals surface area contributed by atoms with Crippen LogP contribution < -0.4 is 5.73 Å². The van der Waals surface area contributed by atoms with Crippen molar-refractivity contribution >= 4 is 6.03 Å². The fourth-order valence-corrected chi connectivity index (χ4v) is 1.70. The van der Waals surface area contributed by atoms with Crippen LogP contribution in [-0.2, 0) is 6.42 Å². The van der Waals surface area contributed by atoms with E-state index in [0.717, 1.165) is 19.5 Å². The lowest BCUT2D eigenvalue weighted by Crippen LogP contribution is -2.17. The van der Waals surface area contributed by atoms with Gasteiger partial charge in [0, 0.05) is 13.1 Å². The van der Waals surface area contributed by atoms with Crippen LogP contribution in [-0.4, -0.2) is 24.0 Å². The first kappa shape index (κ1) is 13.1. The lowest BCUT2D eigenvalue weighted by molar-refractivity contribution is 0.238. The second-order valence-electron chi connectivity index (χ2n) is 4.47. The van der Waals surface area contributed by atoms with Gasteiger partial charge in [-0.3, -0.25) is 0 Å². The quantitative estimate of drug-likeness (QED) is 0.823. The highest BCUT2D eigenvalue weighted by molar-refractivity contribution is 5.74. The van der Waals surface area contributed by atoms with Crippen LogP contribution >= 0.6 is 0 Å². The summed E-state index contributed by atoms with van der Waals surface area (Å²) in [5.41, 5.74) is 7.52. The molecule has 3 rings (SSSR count). The predicted molar refractivity (Wildman–Crippen MR) is 76.8 cm³/mol. The smallest absolute Gasteiger partial charge is 0.314 e. The Labute approximate surface area is 113 Å². The number of nitrogens with two attached hydrogens (primary N) is 1. The van der Waals surface area contributed by atoms with Gasteiger partial charge in [0.2, 0.25) is 0 Å². The topological polar surface area (TPSA) is 46.1 Å². The Hall–Kier alpha value is -2.29. The number of nitrogens with zero attached hydrogens (tertiary/aromatic N) is 1. The highest BCUT2D eigenvalue weighted by Gasteiger charge is 2.20. The molecule has 1 aliphatic rings. The van der Waals surface area contributed by atoms with E-state index in [-0.39, 0.29) is 6.03 Å². The first-order valence-electron chi connectivity index (χ1n) is 6.38. The van der Waals surface area contributed by atoms with Crippen molar-refractivity contribution in [2.45, 2.75) is 6.42 Å². The summed E-state index contributed by atoms with van der Waals surface area (Å²) in [6.07, 6.45) is 1.03. The van der Waals surface area contributed by atoms with Gasteiger partial charge in [-0.05, 0) is 17.5 Å². The van der Waals surface area contributed by atoms with Gasteiger partial charge in [-0.25, -0.2) is 4.79 Å². The van der Waals surface area contributed by atoms with Crippen LogP contribution in [0.5, 0.6) is 0 Å². The molecule has 1 saturated heterocycles. The number of rotatable bonds is 2. The second kappa shape index (κ2) is 6.59. The average molecular weight is 254 g/mol. The Morgan fingerprint density at radius 1 is 0.895 bits per heavy atom. The number of benzene rings is 2. The zero-order valence-electron chi connectivity index (χ0n) is 10.8. The molecule has 1 heterocycles. The van der Waals surface area contributed by atoms with Gasteiger partial charge in [0.25, 0.3) is 0 Å². The summed E-state index contributed by atoms with van der Waals surface area (Å²) >= 11 is 0. The average Bonchev–Trinajstić information content (AvgIpc) is 3.26. The van der Waals surface area contributed by atoms with Crippen LogP contribution in [0.15, 0.2) is 60.7 Å². The molecule has 2 amide bonds. The number of amides is 2. The molecule has 3 heteroatoms. The zero-order chi connectivity index (χ0) is 13.5. The fraction of sp³-hybridized carbons (Fsp3) is 0.188. The normalized spacial score (nSPS) is 12.3. The van der Waals surface area contributed by atoms with E-state index < -0.39 is 0 Å². The molecule has 98 valence electrons. The van der Waals surface area contributed by atoms with Crippen molar-refractivity contribution in [3.63, 3.8) is 0 Å². The number of urea groups is 1. The van der Waals surface area contributed by atoms with Crippen LogP contribution in [0.1, 0.15) is 11.1 Å². The molecule has 19 heavy (non-hydrogen) atoms. The third-order valence-corrected chi connectivity index (χ3v) is 2.85. The molecule has 0 saturated carbocycles. The summed E-state index contributed by atoms with van der Waals surface area (Å²) in [5, 5.41) is 0. The van der Waals surface area contributed by atoms with E-state index in [9.17, 15) is 4.79 Å². The maximum absolute atomic E-state index is 9.91. The number of hydrogen-bond acceptors (Lipinski definition) is 1. The van der Waals surface area contributed by atoms with E-state index in [1.807, 2.05) is 0 Å². The Kier molecular flexibility index (Phi) is 4.56. The van der Waals surface area contributed by atoms with Crippen LogP contribution in [0, 0.1) is 0 Å². The zero-order valence-corrected chi connectivity index (χ0v) is 10.8. The van der Waals surface area contributed by atoms with Crippen LogP contribution in [0.4, 0.5) is 4.79 Å².